The molecule has 0 unspecified atom stereocenters. The second-order valence-electron chi connectivity index (χ2n) is 7.25. The number of nitrogens with zero attached hydrogens (tertiary/aromatic N) is 2. The molecule has 164 valence electrons. The Kier molecular flexibility index (Phi) is 6.10. The van der Waals surface area contributed by atoms with Crippen LogP contribution in [0.2, 0.25) is 0 Å². The van der Waals surface area contributed by atoms with E-state index in [0.717, 1.165) is 0 Å². The summed E-state index contributed by atoms with van der Waals surface area (Å²) in [6.45, 7) is 2.13. The van der Waals surface area contributed by atoms with Crippen molar-refractivity contribution in [1.82, 2.24) is 14.8 Å². The standard InChI is InChI=1S/C21H23N3O6S/c25-20(22-12-16-4-3-9-30-16)15-31(27,28)19-13-24(18-6-2-1-5-17(18)19)14-21(26)23-7-10-29-11-8-23/h1-6,9,13H,7-8,10-12,14-15H2,(H,22,25). The summed E-state index contributed by atoms with van der Waals surface area (Å²) in [5.74, 6) is -0.898. The largest absolute Gasteiger partial charge is 0.467 e. The highest BCUT2D eigenvalue weighted by atomic mass is 32.2. The summed E-state index contributed by atoms with van der Waals surface area (Å²) < 4.78 is 38.1. The molecule has 4 rings (SSSR count). The molecule has 10 heteroatoms. The van der Waals surface area contributed by atoms with Crippen LogP contribution in [0.15, 0.2) is 58.2 Å². The Morgan fingerprint density at radius 3 is 2.58 bits per heavy atom. The smallest absolute Gasteiger partial charge is 0.242 e. The number of carbonyl (C=O) groups is 2. The minimum absolute atomic E-state index is 0.0146. The van der Waals surface area contributed by atoms with Gasteiger partial charge in [-0.2, -0.15) is 0 Å². The van der Waals surface area contributed by atoms with Crippen molar-refractivity contribution >= 4 is 32.6 Å². The van der Waals surface area contributed by atoms with E-state index in [2.05, 4.69) is 5.32 Å². The third-order valence-corrected chi connectivity index (χ3v) is 6.76. The van der Waals surface area contributed by atoms with E-state index in [9.17, 15) is 18.0 Å². The zero-order chi connectivity index (χ0) is 21.8. The van der Waals surface area contributed by atoms with E-state index < -0.39 is 21.5 Å². The molecule has 0 radical (unpaired) electrons. The van der Waals surface area contributed by atoms with Crippen molar-refractivity contribution < 1.29 is 27.2 Å². The van der Waals surface area contributed by atoms with Gasteiger partial charge < -0.3 is 23.9 Å². The molecule has 1 aliphatic heterocycles. The number of nitrogens with one attached hydrogen (secondary N) is 1. The number of amides is 2. The monoisotopic (exact) mass is 445 g/mol. The summed E-state index contributed by atoms with van der Waals surface area (Å²) in [7, 11) is -3.93. The molecule has 2 amide bonds. The topological polar surface area (TPSA) is 111 Å². The fraction of sp³-hybridized carbons (Fsp3) is 0.333. The van der Waals surface area contributed by atoms with Gasteiger partial charge in [-0.05, 0) is 18.2 Å². The van der Waals surface area contributed by atoms with Crippen molar-refractivity contribution in [3.63, 3.8) is 0 Å². The second-order valence-corrected chi connectivity index (χ2v) is 9.20. The Morgan fingerprint density at radius 2 is 1.84 bits per heavy atom. The second kappa shape index (κ2) is 8.94. The van der Waals surface area contributed by atoms with Crippen molar-refractivity contribution in [3.05, 3.63) is 54.6 Å². The molecule has 2 aromatic heterocycles. The number of benzene rings is 1. The average molecular weight is 445 g/mol. The molecular weight excluding hydrogens is 422 g/mol. The van der Waals surface area contributed by atoms with Gasteiger partial charge in [-0.25, -0.2) is 8.42 Å². The van der Waals surface area contributed by atoms with E-state index in [0.29, 0.717) is 43.0 Å². The predicted octanol–water partition coefficient (Wildman–Crippen LogP) is 1.18. The van der Waals surface area contributed by atoms with Gasteiger partial charge in [-0.1, -0.05) is 18.2 Å². The number of para-hydroxylation sites is 1. The van der Waals surface area contributed by atoms with Crippen molar-refractivity contribution in [2.24, 2.45) is 0 Å². The average Bonchev–Trinajstić information content (AvgIpc) is 3.41. The molecule has 1 fully saturated rings. The SMILES string of the molecule is O=C(CS(=O)(=O)c1cn(CC(=O)N2CCOCC2)c2ccccc12)NCc1ccco1. The first-order valence-electron chi connectivity index (χ1n) is 9.89. The normalized spacial score (nSPS) is 14.6. The first-order chi connectivity index (χ1) is 14.9. The molecule has 3 aromatic rings. The van der Waals surface area contributed by atoms with E-state index in [1.54, 1.807) is 45.9 Å². The van der Waals surface area contributed by atoms with Crippen LogP contribution in [-0.2, 0) is 37.3 Å². The van der Waals surface area contributed by atoms with Crippen molar-refractivity contribution in [2.75, 3.05) is 32.1 Å². The molecule has 0 bridgehead atoms. The molecule has 31 heavy (non-hydrogen) atoms. The molecule has 1 aromatic carbocycles. The summed E-state index contributed by atoms with van der Waals surface area (Å²) in [6.07, 6.45) is 2.92. The van der Waals surface area contributed by atoms with Crippen LogP contribution in [0.1, 0.15) is 5.76 Å². The number of hydrogen-bond donors (Lipinski definition) is 1. The quantitative estimate of drug-likeness (QED) is 0.585. The van der Waals surface area contributed by atoms with Crippen LogP contribution in [0.3, 0.4) is 0 Å². The maximum absolute atomic E-state index is 13.0. The van der Waals surface area contributed by atoms with Gasteiger partial charge in [0.2, 0.25) is 11.8 Å². The number of hydrogen-bond acceptors (Lipinski definition) is 6. The molecule has 0 aliphatic carbocycles. The van der Waals surface area contributed by atoms with Gasteiger partial charge in [-0.15, -0.1) is 0 Å². The molecule has 0 atom stereocenters. The Hall–Kier alpha value is -3.11. The number of rotatable bonds is 7. The van der Waals surface area contributed by atoms with Gasteiger partial charge in [0.15, 0.2) is 9.84 Å². The summed E-state index contributed by atoms with van der Waals surface area (Å²) in [4.78, 5) is 26.7. The minimum Gasteiger partial charge on any atom is -0.467 e. The lowest BCUT2D eigenvalue weighted by Crippen LogP contribution is -2.42. The summed E-state index contributed by atoms with van der Waals surface area (Å²) in [6, 6.07) is 10.3. The van der Waals surface area contributed by atoms with Crippen LogP contribution in [0.5, 0.6) is 0 Å². The van der Waals surface area contributed by atoms with Crippen molar-refractivity contribution in [1.29, 1.82) is 0 Å². The Bertz CT molecular complexity index is 1180. The Morgan fingerprint density at radius 1 is 1.06 bits per heavy atom. The third kappa shape index (κ3) is 4.80. The zero-order valence-electron chi connectivity index (χ0n) is 16.8. The number of sulfone groups is 1. The van der Waals surface area contributed by atoms with Gasteiger partial charge in [0.25, 0.3) is 0 Å². The highest BCUT2D eigenvalue weighted by Crippen LogP contribution is 2.26. The molecule has 1 saturated heterocycles. The zero-order valence-corrected chi connectivity index (χ0v) is 17.6. The van der Waals surface area contributed by atoms with Crippen molar-refractivity contribution in [2.45, 2.75) is 18.0 Å². The Labute approximate surface area is 179 Å². The fourth-order valence-corrected chi connectivity index (χ4v) is 4.95. The lowest BCUT2D eigenvalue weighted by molar-refractivity contribution is -0.135. The number of furan rings is 1. The lowest BCUT2D eigenvalue weighted by Gasteiger charge is -2.27. The number of fused-ring (bicyclic) bond motifs is 1. The third-order valence-electron chi connectivity index (χ3n) is 5.12. The number of carbonyl (C=O) groups excluding carboxylic acids is 2. The highest BCUT2D eigenvalue weighted by Gasteiger charge is 2.26. The van der Waals surface area contributed by atoms with Gasteiger partial charge in [0.05, 0.1) is 30.9 Å². The molecule has 0 spiro atoms. The molecule has 1 N–H and O–H groups in total. The molecule has 0 saturated carbocycles. The number of aromatic nitrogens is 1. The van der Waals surface area contributed by atoms with E-state index in [1.165, 1.54) is 12.5 Å². The number of ether oxygens (including phenoxy) is 1. The van der Waals surface area contributed by atoms with Crippen molar-refractivity contribution in [3.8, 4) is 0 Å². The summed E-state index contributed by atoms with van der Waals surface area (Å²) >= 11 is 0. The fourth-order valence-electron chi connectivity index (χ4n) is 3.55. The van der Waals surface area contributed by atoms with Gasteiger partial charge in [0, 0.05) is 30.2 Å². The van der Waals surface area contributed by atoms with Crippen LogP contribution < -0.4 is 5.32 Å². The molecule has 1 aliphatic rings. The lowest BCUT2D eigenvalue weighted by atomic mass is 10.2. The van der Waals surface area contributed by atoms with E-state index in [4.69, 9.17) is 9.15 Å². The minimum atomic E-state index is -3.93. The summed E-state index contributed by atoms with van der Waals surface area (Å²) in [5.41, 5.74) is 0.624. The van der Waals surface area contributed by atoms with Crippen LogP contribution in [0.25, 0.3) is 10.9 Å². The number of morpholine rings is 1. The van der Waals surface area contributed by atoms with Crippen LogP contribution >= 0.6 is 0 Å². The van der Waals surface area contributed by atoms with Crippen LogP contribution in [-0.4, -0.2) is 61.8 Å². The highest BCUT2D eigenvalue weighted by molar-refractivity contribution is 7.92. The van der Waals surface area contributed by atoms with Crippen LogP contribution in [0.4, 0.5) is 0 Å². The summed E-state index contributed by atoms with van der Waals surface area (Å²) in [5, 5.41) is 3.03. The maximum atomic E-state index is 13.0. The molecule has 3 heterocycles. The van der Waals surface area contributed by atoms with Crippen LogP contribution in [0, 0.1) is 0 Å². The van der Waals surface area contributed by atoms with Gasteiger partial charge in [-0.3, -0.25) is 9.59 Å². The van der Waals surface area contributed by atoms with E-state index in [-0.39, 0.29) is 23.9 Å². The van der Waals surface area contributed by atoms with E-state index >= 15 is 0 Å². The van der Waals surface area contributed by atoms with Gasteiger partial charge >= 0.3 is 0 Å². The first-order valence-corrected chi connectivity index (χ1v) is 11.5. The first kappa shape index (κ1) is 21.1. The van der Waals surface area contributed by atoms with Gasteiger partial charge in [0.1, 0.15) is 18.1 Å². The molecular formula is C21H23N3O6S. The van der Waals surface area contributed by atoms with E-state index in [1.807, 2.05) is 0 Å². The predicted molar refractivity (Wildman–Crippen MR) is 112 cm³/mol. The maximum Gasteiger partial charge on any atom is 0.242 e. The molecule has 9 nitrogen and oxygen atoms in total. The Balaban J connectivity index is 1.53.